The van der Waals surface area contributed by atoms with Gasteiger partial charge in [0.15, 0.2) is 0 Å². The first kappa shape index (κ1) is 15.3. The number of nitrogen functional groups attached to an aromatic ring is 1. The van der Waals surface area contributed by atoms with Gasteiger partial charge in [0.2, 0.25) is 0 Å². The topological polar surface area (TPSA) is 68.7 Å². The lowest BCUT2D eigenvalue weighted by atomic mass is 10.1. The predicted molar refractivity (Wildman–Crippen MR) is 81.7 cm³/mol. The SMILES string of the molecule is COc1cc(N)c(Cl)cc1C(=O)N(C)Cc1ccc(C)o1. The van der Waals surface area contributed by atoms with Crippen LogP contribution < -0.4 is 10.5 Å². The van der Waals surface area contributed by atoms with E-state index in [-0.39, 0.29) is 5.91 Å². The third-order valence-corrected chi connectivity index (χ3v) is 3.41. The average molecular weight is 309 g/mol. The van der Waals surface area contributed by atoms with Gasteiger partial charge in [0.25, 0.3) is 5.91 Å². The van der Waals surface area contributed by atoms with Crippen LogP contribution in [0.4, 0.5) is 5.69 Å². The summed E-state index contributed by atoms with van der Waals surface area (Å²) in [5, 5.41) is 0.321. The molecule has 2 rings (SSSR count). The number of carbonyl (C=O) groups excluding carboxylic acids is 1. The number of ether oxygens (including phenoxy) is 1. The van der Waals surface area contributed by atoms with E-state index in [0.717, 1.165) is 5.76 Å². The van der Waals surface area contributed by atoms with Crippen LogP contribution >= 0.6 is 11.6 Å². The summed E-state index contributed by atoms with van der Waals surface area (Å²) >= 11 is 5.99. The summed E-state index contributed by atoms with van der Waals surface area (Å²) in [5.74, 6) is 1.69. The van der Waals surface area contributed by atoms with E-state index in [4.69, 9.17) is 26.5 Å². The standard InChI is InChI=1S/C15H17ClN2O3/c1-9-4-5-10(21-9)8-18(2)15(19)11-6-12(16)13(17)7-14(11)20-3/h4-7H,8,17H2,1-3H3. The Labute approximate surface area is 128 Å². The van der Waals surface area contributed by atoms with Gasteiger partial charge in [0.05, 0.1) is 29.9 Å². The van der Waals surface area contributed by atoms with Gasteiger partial charge in [0, 0.05) is 13.1 Å². The van der Waals surface area contributed by atoms with Crippen LogP contribution in [0.5, 0.6) is 5.75 Å². The normalized spacial score (nSPS) is 10.5. The summed E-state index contributed by atoms with van der Waals surface area (Å²) in [7, 11) is 3.17. The Hall–Kier alpha value is -2.14. The molecule has 6 heteroatoms. The van der Waals surface area contributed by atoms with Crippen molar-refractivity contribution in [2.24, 2.45) is 0 Å². The zero-order valence-corrected chi connectivity index (χ0v) is 12.9. The lowest BCUT2D eigenvalue weighted by Gasteiger charge is -2.18. The number of halogens is 1. The number of benzene rings is 1. The minimum Gasteiger partial charge on any atom is -0.496 e. The van der Waals surface area contributed by atoms with Gasteiger partial charge in [-0.3, -0.25) is 4.79 Å². The molecule has 1 aromatic carbocycles. The molecule has 0 spiro atoms. The number of nitrogens with two attached hydrogens (primary N) is 1. The molecule has 2 N–H and O–H groups in total. The molecule has 5 nitrogen and oxygen atoms in total. The molecular weight excluding hydrogens is 292 g/mol. The number of methoxy groups -OCH3 is 1. The van der Waals surface area contributed by atoms with Crippen molar-refractivity contribution in [3.8, 4) is 5.75 Å². The number of rotatable bonds is 4. The van der Waals surface area contributed by atoms with Crippen molar-refractivity contribution in [2.75, 3.05) is 19.9 Å². The molecule has 2 aromatic rings. The fourth-order valence-corrected chi connectivity index (χ4v) is 2.15. The number of amides is 1. The maximum atomic E-state index is 12.5. The number of carbonyl (C=O) groups is 1. The molecule has 0 aliphatic carbocycles. The van der Waals surface area contributed by atoms with Crippen molar-refractivity contribution in [1.82, 2.24) is 4.90 Å². The molecule has 0 saturated heterocycles. The number of anilines is 1. The van der Waals surface area contributed by atoms with E-state index in [1.165, 1.54) is 18.1 Å². The molecule has 0 bridgehead atoms. The summed E-state index contributed by atoms with van der Waals surface area (Å²) in [6, 6.07) is 6.75. The monoisotopic (exact) mass is 308 g/mol. The molecule has 0 fully saturated rings. The smallest absolute Gasteiger partial charge is 0.257 e. The highest BCUT2D eigenvalue weighted by Gasteiger charge is 2.19. The highest BCUT2D eigenvalue weighted by molar-refractivity contribution is 6.33. The molecule has 0 aliphatic heterocycles. The van der Waals surface area contributed by atoms with Crippen molar-refractivity contribution in [1.29, 1.82) is 0 Å². The van der Waals surface area contributed by atoms with Crippen LogP contribution in [0.25, 0.3) is 0 Å². The van der Waals surface area contributed by atoms with E-state index in [2.05, 4.69) is 0 Å². The maximum absolute atomic E-state index is 12.5. The second kappa shape index (κ2) is 6.10. The van der Waals surface area contributed by atoms with Crippen LogP contribution in [-0.2, 0) is 6.54 Å². The van der Waals surface area contributed by atoms with Gasteiger partial charge in [-0.05, 0) is 25.1 Å². The number of nitrogens with zero attached hydrogens (tertiary/aromatic N) is 1. The Bertz CT molecular complexity index is 667. The van der Waals surface area contributed by atoms with Crippen molar-refractivity contribution in [2.45, 2.75) is 13.5 Å². The molecule has 0 saturated carbocycles. The van der Waals surface area contributed by atoms with E-state index in [0.29, 0.717) is 34.3 Å². The lowest BCUT2D eigenvalue weighted by molar-refractivity contribution is 0.0771. The van der Waals surface area contributed by atoms with Crippen molar-refractivity contribution in [3.05, 3.63) is 46.4 Å². The minimum absolute atomic E-state index is 0.220. The lowest BCUT2D eigenvalue weighted by Crippen LogP contribution is -2.26. The fraction of sp³-hybridized carbons (Fsp3) is 0.267. The van der Waals surface area contributed by atoms with Crippen molar-refractivity contribution in [3.63, 3.8) is 0 Å². The molecule has 1 amide bonds. The van der Waals surface area contributed by atoms with Crippen molar-refractivity contribution < 1.29 is 13.9 Å². The molecule has 0 unspecified atom stereocenters. The van der Waals surface area contributed by atoms with Crippen molar-refractivity contribution >= 4 is 23.2 Å². The Morgan fingerprint density at radius 2 is 2.14 bits per heavy atom. The number of hydrogen-bond donors (Lipinski definition) is 1. The summed E-state index contributed by atoms with van der Waals surface area (Å²) in [5.41, 5.74) is 6.45. The Morgan fingerprint density at radius 3 is 2.71 bits per heavy atom. The third kappa shape index (κ3) is 3.31. The average Bonchev–Trinajstić information content (AvgIpc) is 2.85. The van der Waals surface area contributed by atoms with E-state index < -0.39 is 0 Å². The molecule has 112 valence electrons. The molecular formula is C15H17ClN2O3. The van der Waals surface area contributed by atoms with Gasteiger partial charge in [-0.25, -0.2) is 0 Å². The fourth-order valence-electron chi connectivity index (χ4n) is 1.99. The Morgan fingerprint density at radius 1 is 1.43 bits per heavy atom. The molecule has 1 aromatic heterocycles. The van der Waals surface area contributed by atoms with Crippen LogP contribution in [0.2, 0.25) is 5.02 Å². The maximum Gasteiger partial charge on any atom is 0.257 e. The molecule has 0 aliphatic rings. The first-order valence-electron chi connectivity index (χ1n) is 6.36. The number of aryl methyl sites for hydroxylation is 1. The molecule has 0 atom stereocenters. The number of furan rings is 1. The molecule has 0 radical (unpaired) electrons. The van der Waals surface area contributed by atoms with Crippen LogP contribution in [0.1, 0.15) is 21.9 Å². The van der Waals surface area contributed by atoms with E-state index in [1.54, 1.807) is 13.1 Å². The van der Waals surface area contributed by atoms with E-state index >= 15 is 0 Å². The van der Waals surface area contributed by atoms with Gasteiger partial charge in [-0.2, -0.15) is 0 Å². The summed E-state index contributed by atoms with van der Waals surface area (Å²) < 4.78 is 10.7. The van der Waals surface area contributed by atoms with Crippen LogP contribution in [0, 0.1) is 6.92 Å². The zero-order valence-electron chi connectivity index (χ0n) is 12.1. The van der Waals surface area contributed by atoms with E-state index in [1.807, 2.05) is 19.1 Å². The molecule has 1 heterocycles. The summed E-state index contributed by atoms with van der Waals surface area (Å²) in [6.45, 7) is 2.21. The summed E-state index contributed by atoms with van der Waals surface area (Å²) in [6.07, 6.45) is 0. The third-order valence-electron chi connectivity index (χ3n) is 3.08. The van der Waals surface area contributed by atoms with Crippen LogP contribution in [-0.4, -0.2) is 25.0 Å². The minimum atomic E-state index is -0.220. The Balaban J connectivity index is 2.24. The van der Waals surface area contributed by atoms with Crippen LogP contribution in [0.3, 0.4) is 0 Å². The zero-order chi connectivity index (χ0) is 15.6. The highest BCUT2D eigenvalue weighted by Crippen LogP contribution is 2.29. The van der Waals surface area contributed by atoms with Gasteiger partial charge in [-0.1, -0.05) is 11.6 Å². The Kier molecular flexibility index (Phi) is 4.43. The van der Waals surface area contributed by atoms with Gasteiger partial charge >= 0.3 is 0 Å². The predicted octanol–water partition coefficient (Wildman–Crippen LogP) is 3.10. The highest BCUT2D eigenvalue weighted by atomic mass is 35.5. The first-order chi connectivity index (χ1) is 9.92. The second-order valence-corrected chi connectivity index (χ2v) is 5.15. The van der Waals surface area contributed by atoms with Gasteiger partial charge in [-0.15, -0.1) is 0 Å². The number of hydrogen-bond acceptors (Lipinski definition) is 4. The quantitative estimate of drug-likeness (QED) is 0.881. The summed E-state index contributed by atoms with van der Waals surface area (Å²) in [4.78, 5) is 14.0. The molecule has 21 heavy (non-hydrogen) atoms. The van der Waals surface area contributed by atoms with Gasteiger partial charge in [0.1, 0.15) is 17.3 Å². The van der Waals surface area contributed by atoms with Gasteiger partial charge < -0.3 is 19.8 Å². The second-order valence-electron chi connectivity index (χ2n) is 4.75. The van der Waals surface area contributed by atoms with Crippen LogP contribution in [0.15, 0.2) is 28.7 Å². The first-order valence-corrected chi connectivity index (χ1v) is 6.74. The largest absolute Gasteiger partial charge is 0.496 e. The van der Waals surface area contributed by atoms with E-state index in [9.17, 15) is 4.79 Å².